The van der Waals surface area contributed by atoms with Crippen molar-refractivity contribution < 1.29 is 9.18 Å². The fourth-order valence-corrected chi connectivity index (χ4v) is 2.18. The largest absolute Gasteiger partial charge is 0.355 e. The van der Waals surface area contributed by atoms with Crippen LogP contribution in [0.25, 0.3) is 0 Å². The van der Waals surface area contributed by atoms with Gasteiger partial charge in [-0.1, -0.05) is 48.5 Å². The summed E-state index contributed by atoms with van der Waals surface area (Å²) in [4.78, 5) is 11.7. The minimum absolute atomic E-state index is 0.0654. The first-order valence-electron chi connectivity index (χ1n) is 7.50. The molecule has 2 N–H and O–H groups in total. The maximum Gasteiger partial charge on any atom is 0.233 e. The van der Waals surface area contributed by atoms with Crippen molar-refractivity contribution in [2.24, 2.45) is 0 Å². The lowest BCUT2D eigenvalue weighted by atomic mass is 10.1. The number of rotatable bonds is 8. The van der Waals surface area contributed by atoms with Crippen molar-refractivity contribution in [1.82, 2.24) is 10.6 Å². The molecule has 3 nitrogen and oxygen atoms in total. The number of carbonyl (C=O) groups excluding carboxylic acids is 1. The van der Waals surface area contributed by atoms with Crippen molar-refractivity contribution in [2.45, 2.75) is 19.4 Å². The molecule has 0 radical (unpaired) electrons. The zero-order chi connectivity index (χ0) is 15.6. The summed E-state index contributed by atoms with van der Waals surface area (Å²) in [6, 6.07) is 16.7. The summed E-state index contributed by atoms with van der Waals surface area (Å²) < 4.78 is 13.4. The first-order valence-corrected chi connectivity index (χ1v) is 7.50. The molecule has 0 aliphatic rings. The van der Waals surface area contributed by atoms with Gasteiger partial charge >= 0.3 is 0 Å². The van der Waals surface area contributed by atoms with Gasteiger partial charge in [-0.05, 0) is 24.5 Å². The highest BCUT2D eigenvalue weighted by Crippen LogP contribution is 2.05. The van der Waals surface area contributed by atoms with E-state index >= 15 is 0 Å². The average molecular weight is 300 g/mol. The van der Waals surface area contributed by atoms with E-state index in [9.17, 15) is 9.18 Å². The first kappa shape index (κ1) is 16.2. The molecule has 2 aromatic rings. The van der Waals surface area contributed by atoms with E-state index in [4.69, 9.17) is 0 Å². The molecular formula is C18H21FN2O. The van der Waals surface area contributed by atoms with Gasteiger partial charge in [0.25, 0.3) is 0 Å². The lowest BCUT2D eigenvalue weighted by molar-refractivity contribution is -0.120. The standard InChI is InChI=1S/C18H21FN2O/c19-17-11-5-4-10-16(17)13-20-14-18(22)21-12-6-9-15-7-2-1-3-8-15/h1-5,7-8,10-11,20H,6,9,12-14H2,(H,21,22). The summed E-state index contributed by atoms with van der Waals surface area (Å²) in [6.45, 7) is 1.19. The van der Waals surface area contributed by atoms with E-state index in [0.29, 0.717) is 18.7 Å². The summed E-state index contributed by atoms with van der Waals surface area (Å²) in [5.74, 6) is -0.317. The molecule has 116 valence electrons. The number of hydrogen-bond acceptors (Lipinski definition) is 2. The van der Waals surface area contributed by atoms with Crippen LogP contribution < -0.4 is 10.6 Å². The van der Waals surface area contributed by atoms with Crippen molar-refractivity contribution in [1.29, 1.82) is 0 Å². The Morgan fingerprint density at radius 3 is 2.50 bits per heavy atom. The van der Waals surface area contributed by atoms with E-state index < -0.39 is 0 Å². The van der Waals surface area contributed by atoms with Crippen LogP contribution in [0.4, 0.5) is 4.39 Å². The van der Waals surface area contributed by atoms with Crippen LogP contribution in [-0.4, -0.2) is 19.0 Å². The van der Waals surface area contributed by atoms with Crippen LogP contribution in [0.1, 0.15) is 17.5 Å². The third-order valence-corrected chi connectivity index (χ3v) is 3.37. The normalized spacial score (nSPS) is 10.4. The molecule has 1 amide bonds. The second-order valence-electron chi connectivity index (χ2n) is 5.13. The van der Waals surface area contributed by atoms with E-state index in [1.807, 2.05) is 18.2 Å². The van der Waals surface area contributed by atoms with Gasteiger partial charge in [-0.15, -0.1) is 0 Å². The molecule has 0 spiro atoms. The summed E-state index contributed by atoms with van der Waals surface area (Å²) in [7, 11) is 0. The average Bonchev–Trinajstić information content (AvgIpc) is 2.54. The molecule has 0 aliphatic heterocycles. The van der Waals surface area contributed by atoms with Crippen molar-refractivity contribution in [3.8, 4) is 0 Å². The molecule has 0 heterocycles. The third-order valence-electron chi connectivity index (χ3n) is 3.37. The SMILES string of the molecule is O=C(CNCc1ccccc1F)NCCCc1ccccc1. The van der Waals surface area contributed by atoms with Gasteiger partial charge in [0.1, 0.15) is 5.82 Å². The molecule has 0 atom stereocenters. The van der Waals surface area contributed by atoms with Crippen LogP contribution in [0, 0.1) is 5.82 Å². The lowest BCUT2D eigenvalue weighted by Crippen LogP contribution is -2.34. The quantitative estimate of drug-likeness (QED) is 0.736. The first-order chi connectivity index (χ1) is 10.8. The Labute approximate surface area is 130 Å². The van der Waals surface area contributed by atoms with Gasteiger partial charge in [0.05, 0.1) is 6.54 Å². The summed E-state index contributed by atoms with van der Waals surface area (Å²) in [5.41, 5.74) is 1.84. The van der Waals surface area contributed by atoms with Crippen molar-refractivity contribution in [3.63, 3.8) is 0 Å². The highest BCUT2D eigenvalue weighted by Gasteiger charge is 2.03. The van der Waals surface area contributed by atoms with Crippen LogP contribution in [0.2, 0.25) is 0 Å². The number of halogens is 1. The minimum atomic E-state index is -0.252. The molecule has 22 heavy (non-hydrogen) atoms. The summed E-state index contributed by atoms with van der Waals surface area (Å²) in [5, 5.41) is 5.81. The molecule has 4 heteroatoms. The highest BCUT2D eigenvalue weighted by atomic mass is 19.1. The van der Waals surface area contributed by atoms with Gasteiger partial charge in [-0.2, -0.15) is 0 Å². The van der Waals surface area contributed by atoms with Gasteiger partial charge in [-0.25, -0.2) is 4.39 Å². The Kier molecular flexibility index (Phi) is 6.58. The number of carbonyl (C=O) groups is 1. The van der Waals surface area contributed by atoms with Gasteiger partial charge in [-0.3, -0.25) is 4.79 Å². The molecule has 0 bridgehead atoms. The second kappa shape index (κ2) is 8.95. The molecule has 0 aromatic heterocycles. The number of benzene rings is 2. The third kappa shape index (κ3) is 5.66. The van der Waals surface area contributed by atoms with Gasteiger partial charge < -0.3 is 10.6 Å². The van der Waals surface area contributed by atoms with Gasteiger partial charge in [0, 0.05) is 18.7 Å². The number of aryl methyl sites for hydroxylation is 1. The highest BCUT2D eigenvalue weighted by molar-refractivity contribution is 5.77. The fraction of sp³-hybridized carbons (Fsp3) is 0.278. The van der Waals surface area contributed by atoms with Crippen molar-refractivity contribution in [3.05, 3.63) is 71.5 Å². The topological polar surface area (TPSA) is 41.1 Å². The lowest BCUT2D eigenvalue weighted by Gasteiger charge is -2.07. The predicted molar refractivity (Wildman–Crippen MR) is 85.9 cm³/mol. The van der Waals surface area contributed by atoms with E-state index in [1.165, 1.54) is 11.6 Å². The molecule has 0 unspecified atom stereocenters. The van der Waals surface area contributed by atoms with Crippen molar-refractivity contribution in [2.75, 3.05) is 13.1 Å². The van der Waals surface area contributed by atoms with Gasteiger partial charge in [0.2, 0.25) is 5.91 Å². The number of nitrogens with one attached hydrogen (secondary N) is 2. The van der Waals surface area contributed by atoms with Crippen LogP contribution >= 0.6 is 0 Å². The van der Waals surface area contributed by atoms with Crippen LogP contribution in [0.3, 0.4) is 0 Å². The number of hydrogen-bond donors (Lipinski definition) is 2. The molecule has 2 rings (SSSR count). The molecule has 0 aliphatic carbocycles. The second-order valence-corrected chi connectivity index (χ2v) is 5.13. The number of amides is 1. The van der Waals surface area contributed by atoms with E-state index in [-0.39, 0.29) is 18.3 Å². The minimum Gasteiger partial charge on any atom is -0.355 e. The zero-order valence-electron chi connectivity index (χ0n) is 12.5. The van der Waals surface area contributed by atoms with E-state index in [0.717, 1.165) is 12.8 Å². The Hall–Kier alpha value is -2.20. The fourth-order valence-electron chi connectivity index (χ4n) is 2.18. The zero-order valence-corrected chi connectivity index (χ0v) is 12.5. The van der Waals surface area contributed by atoms with Crippen LogP contribution in [0.5, 0.6) is 0 Å². The Bertz CT molecular complexity index is 587. The summed E-state index contributed by atoms with van der Waals surface area (Å²) >= 11 is 0. The molecule has 0 saturated heterocycles. The van der Waals surface area contributed by atoms with E-state index in [1.54, 1.807) is 18.2 Å². The van der Waals surface area contributed by atoms with Crippen molar-refractivity contribution >= 4 is 5.91 Å². The van der Waals surface area contributed by atoms with Crippen LogP contribution in [0.15, 0.2) is 54.6 Å². The maximum atomic E-state index is 13.4. The Morgan fingerprint density at radius 2 is 1.73 bits per heavy atom. The molecule has 0 fully saturated rings. The predicted octanol–water partition coefficient (Wildman–Crippen LogP) is 2.66. The molecule has 2 aromatic carbocycles. The molecule has 0 saturated carbocycles. The summed E-state index contributed by atoms with van der Waals surface area (Å²) in [6.07, 6.45) is 1.85. The Balaban J connectivity index is 1.57. The monoisotopic (exact) mass is 300 g/mol. The van der Waals surface area contributed by atoms with Gasteiger partial charge in [0.15, 0.2) is 0 Å². The Morgan fingerprint density at radius 1 is 1.00 bits per heavy atom. The molecular weight excluding hydrogens is 279 g/mol. The van der Waals surface area contributed by atoms with Crippen LogP contribution in [-0.2, 0) is 17.8 Å². The maximum absolute atomic E-state index is 13.4. The van der Waals surface area contributed by atoms with E-state index in [2.05, 4.69) is 22.8 Å². The smallest absolute Gasteiger partial charge is 0.233 e.